The molecule has 0 bridgehead atoms. The lowest BCUT2D eigenvalue weighted by Crippen LogP contribution is -2.53. The SMILES string of the molecule is CC1(C)CN(CCCc2nc(CCl)cs2)CC(CO)O1. The number of hydrogen-bond acceptors (Lipinski definition) is 5. The van der Waals surface area contributed by atoms with E-state index in [2.05, 4.69) is 23.7 Å². The predicted octanol–water partition coefficient (Wildman–Crippen LogP) is 2.29. The van der Waals surface area contributed by atoms with Crippen molar-refractivity contribution in [3.05, 3.63) is 16.1 Å². The number of aryl methyl sites for hydroxylation is 1. The van der Waals surface area contributed by atoms with Gasteiger partial charge in [-0.05, 0) is 26.8 Å². The van der Waals surface area contributed by atoms with Crippen molar-refractivity contribution < 1.29 is 9.84 Å². The van der Waals surface area contributed by atoms with E-state index >= 15 is 0 Å². The third kappa shape index (κ3) is 4.67. The van der Waals surface area contributed by atoms with Crippen LogP contribution in [0.1, 0.15) is 31.0 Å². The number of ether oxygens (including phenoxy) is 1. The van der Waals surface area contributed by atoms with Gasteiger partial charge in [0.15, 0.2) is 0 Å². The molecule has 1 aromatic heterocycles. The van der Waals surface area contributed by atoms with E-state index in [4.69, 9.17) is 16.3 Å². The number of rotatable bonds is 6. The maximum atomic E-state index is 9.30. The molecule has 20 heavy (non-hydrogen) atoms. The molecule has 2 rings (SSSR count). The summed E-state index contributed by atoms with van der Waals surface area (Å²) in [5, 5.41) is 12.5. The summed E-state index contributed by atoms with van der Waals surface area (Å²) in [4.78, 5) is 6.85. The molecular formula is C14H23ClN2O2S. The van der Waals surface area contributed by atoms with Gasteiger partial charge in [-0.3, -0.25) is 4.90 Å². The van der Waals surface area contributed by atoms with Gasteiger partial charge < -0.3 is 9.84 Å². The number of hydrogen-bond donors (Lipinski definition) is 1. The Bertz CT molecular complexity index is 425. The summed E-state index contributed by atoms with van der Waals surface area (Å²) >= 11 is 7.44. The molecule has 1 aliphatic heterocycles. The molecule has 6 heteroatoms. The second kappa shape index (κ2) is 7.18. The molecule has 0 amide bonds. The van der Waals surface area contributed by atoms with Crippen LogP contribution in [0.15, 0.2) is 5.38 Å². The van der Waals surface area contributed by atoms with Crippen molar-refractivity contribution in [3.63, 3.8) is 0 Å². The Morgan fingerprint density at radius 2 is 2.40 bits per heavy atom. The van der Waals surface area contributed by atoms with Gasteiger partial charge >= 0.3 is 0 Å². The van der Waals surface area contributed by atoms with Gasteiger partial charge in [-0.1, -0.05) is 0 Å². The molecule has 4 nitrogen and oxygen atoms in total. The Morgan fingerprint density at radius 3 is 3.05 bits per heavy atom. The van der Waals surface area contributed by atoms with Gasteiger partial charge in [0.05, 0.1) is 34.9 Å². The Balaban J connectivity index is 1.78. The van der Waals surface area contributed by atoms with E-state index in [-0.39, 0.29) is 18.3 Å². The molecule has 1 aromatic rings. The molecule has 1 fully saturated rings. The van der Waals surface area contributed by atoms with Crippen molar-refractivity contribution in [1.82, 2.24) is 9.88 Å². The molecule has 1 saturated heterocycles. The Labute approximate surface area is 129 Å². The van der Waals surface area contributed by atoms with E-state index in [1.807, 2.05) is 5.38 Å². The number of aliphatic hydroxyl groups excluding tert-OH is 1. The number of halogens is 1. The molecular weight excluding hydrogens is 296 g/mol. The highest BCUT2D eigenvalue weighted by molar-refractivity contribution is 7.09. The Morgan fingerprint density at radius 1 is 1.60 bits per heavy atom. The maximum Gasteiger partial charge on any atom is 0.0940 e. The fourth-order valence-corrected chi connectivity index (χ4v) is 3.73. The van der Waals surface area contributed by atoms with Crippen LogP contribution in [-0.4, -0.2) is 52.9 Å². The molecule has 0 aliphatic carbocycles. The minimum Gasteiger partial charge on any atom is -0.394 e. The van der Waals surface area contributed by atoms with Gasteiger partial charge in [-0.25, -0.2) is 4.98 Å². The highest BCUT2D eigenvalue weighted by atomic mass is 35.5. The number of aromatic nitrogens is 1. The van der Waals surface area contributed by atoms with Crippen LogP contribution < -0.4 is 0 Å². The zero-order valence-corrected chi connectivity index (χ0v) is 13.7. The second-order valence-electron chi connectivity index (χ2n) is 5.89. The van der Waals surface area contributed by atoms with Crippen LogP contribution in [-0.2, 0) is 17.0 Å². The number of thiazole rings is 1. The van der Waals surface area contributed by atoms with Gasteiger partial charge in [0.2, 0.25) is 0 Å². The van der Waals surface area contributed by atoms with Crippen LogP contribution in [0.5, 0.6) is 0 Å². The molecule has 0 radical (unpaired) electrons. The number of morpholine rings is 1. The van der Waals surface area contributed by atoms with Gasteiger partial charge in [0.25, 0.3) is 0 Å². The van der Waals surface area contributed by atoms with Gasteiger partial charge in [-0.2, -0.15) is 0 Å². The number of nitrogens with zero attached hydrogens (tertiary/aromatic N) is 2. The third-order valence-corrected chi connectivity index (χ3v) is 4.59. The van der Waals surface area contributed by atoms with E-state index < -0.39 is 0 Å². The summed E-state index contributed by atoms with van der Waals surface area (Å²) in [5.41, 5.74) is 0.790. The summed E-state index contributed by atoms with van der Waals surface area (Å²) in [6.07, 6.45) is 1.99. The average Bonchev–Trinajstić information content (AvgIpc) is 2.85. The molecule has 0 spiro atoms. The maximum absolute atomic E-state index is 9.30. The van der Waals surface area contributed by atoms with Crippen molar-refractivity contribution in [2.24, 2.45) is 0 Å². The molecule has 0 aromatic carbocycles. The summed E-state index contributed by atoms with van der Waals surface area (Å²) in [6.45, 7) is 6.98. The first-order valence-electron chi connectivity index (χ1n) is 7.02. The molecule has 1 aliphatic rings. The lowest BCUT2D eigenvalue weighted by molar-refractivity contribution is -0.148. The van der Waals surface area contributed by atoms with Crippen molar-refractivity contribution in [3.8, 4) is 0 Å². The normalized spacial score (nSPS) is 23.1. The van der Waals surface area contributed by atoms with E-state index in [0.29, 0.717) is 5.88 Å². The van der Waals surface area contributed by atoms with Crippen molar-refractivity contribution >= 4 is 22.9 Å². The van der Waals surface area contributed by atoms with E-state index in [0.717, 1.165) is 43.2 Å². The monoisotopic (exact) mass is 318 g/mol. The third-order valence-electron chi connectivity index (χ3n) is 3.36. The molecule has 2 heterocycles. The minimum atomic E-state index is -0.182. The van der Waals surface area contributed by atoms with Crippen molar-refractivity contribution in [1.29, 1.82) is 0 Å². The Kier molecular flexibility index (Phi) is 5.81. The first-order chi connectivity index (χ1) is 9.52. The molecule has 1 atom stereocenters. The lowest BCUT2D eigenvalue weighted by atomic mass is 10.0. The summed E-state index contributed by atoms with van der Waals surface area (Å²) in [6, 6.07) is 0. The zero-order valence-electron chi connectivity index (χ0n) is 12.1. The van der Waals surface area contributed by atoms with Gasteiger partial charge in [-0.15, -0.1) is 22.9 Å². The highest BCUT2D eigenvalue weighted by Crippen LogP contribution is 2.21. The van der Waals surface area contributed by atoms with Crippen LogP contribution in [0.4, 0.5) is 0 Å². The number of alkyl halides is 1. The highest BCUT2D eigenvalue weighted by Gasteiger charge is 2.32. The van der Waals surface area contributed by atoms with E-state index in [1.165, 1.54) is 0 Å². The largest absolute Gasteiger partial charge is 0.394 e. The van der Waals surface area contributed by atoms with Gasteiger partial charge in [0, 0.05) is 24.9 Å². The summed E-state index contributed by atoms with van der Waals surface area (Å²) < 4.78 is 5.82. The fraction of sp³-hybridized carbons (Fsp3) is 0.786. The summed E-state index contributed by atoms with van der Waals surface area (Å²) in [7, 11) is 0. The second-order valence-corrected chi connectivity index (χ2v) is 7.10. The lowest BCUT2D eigenvalue weighted by Gasteiger charge is -2.42. The quantitative estimate of drug-likeness (QED) is 0.817. The fourth-order valence-electron chi connectivity index (χ4n) is 2.66. The molecule has 114 valence electrons. The molecule has 1 N–H and O–H groups in total. The summed E-state index contributed by atoms with van der Waals surface area (Å²) in [5.74, 6) is 0.492. The zero-order chi connectivity index (χ0) is 14.6. The van der Waals surface area contributed by atoms with Crippen LogP contribution in [0.25, 0.3) is 0 Å². The van der Waals surface area contributed by atoms with Gasteiger partial charge in [0.1, 0.15) is 0 Å². The predicted molar refractivity (Wildman–Crippen MR) is 82.5 cm³/mol. The topological polar surface area (TPSA) is 45.6 Å². The van der Waals surface area contributed by atoms with Crippen molar-refractivity contribution in [2.75, 3.05) is 26.2 Å². The van der Waals surface area contributed by atoms with Crippen LogP contribution in [0.2, 0.25) is 0 Å². The average molecular weight is 319 g/mol. The minimum absolute atomic E-state index is 0.0681. The first kappa shape index (κ1) is 16.2. The van der Waals surface area contributed by atoms with Crippen molar-refractivity contribution in [2.45, 2.75) is 44.3 Å². The Hall–Kier alpha value is -0.200. The first-order valence-corrected chi connectivity index (χ1v) is 8.44. The standard InChI is InChI=1S/C14H23ClN2O2S/c1-14(2)10-17(7-12(8-18)19-14)5-3-4-13-16-11(6-15)9-20-13/h9,12,18H,3-8,10H2,1-2H3. The molecule has 0 saturated carbocycles. The smallest absolute Gasteiger partial charge is 0.0940 e. The van der Waals surface area contributed by atoms with Crippen LogP contribution in [0.3, 0.4) is 0 Å². The molecule has 1 unspecified atom stereocenters. The van der Waals surface area contributed by atoms with Crippen LogP contribution in [0, 0.1) is 0 Å². The van der Waals surface area contributed by atoms with E-state index in [1.54, 1.807) is 11.3 Å². The number of aliphatic hydroxyl groups is 1. The van der Waals surface area contributed by atoms with Crippen LogP contribution >= 0.6 is 22.9 Å². The van der Waals surface area contributed by atoms with E-state index in [9.17, 15) is 5.11 Å².